The Morgan fingerprint density at radius 1 is 1.19 bits per heavy atom. The quantitative estimate of drug-likeness (QED) is 0.745. The number of aliphatic hydroxyl groups excluding tert-OH is 1. The smallest absolute Gasteiger partial charge is 0.186 e. The van der Waals surface area contributed by atoms with Crippen LogP contribution in [-0.4, -0.2) is 20.9 Å². The molecule has 1 saturated carbocycles. The number of carbonyl (C=O) groups is 1. The van der Waals surface area contributed by atoms with E-state index in [-0.39, 0.29) is 16.1 Å². The van der Waals surface area contributed by atoms with Gasteiger partial charge in [-0.05, 0) is 43.4 Å². The van der Waals surface area contributed by atoms with E-state index < -0.39 is 5.60 Å². The molecule has 3 rings (SSSR count). The molecule has 0 aromatic heterocycles. The molecule has 138 valence electrons. The minimum atomic E-state index is -1.26. The zero-order chi connectivity index (χ0) is 18.6. The lowest BCUT2D eigenvalue weighted by Gasteiger charge is -2.35. The van der Waals surface area contributed by atoms with Crippen molar-refractivity contribution in [1.82, 2.24) is 0 Å². The summed E-state index contributed by atoms with van der Waals surface area (Å²) in [6.07, 6.45) is 10.7. The predicted octanol–water partition coefficient (Wildman–Crippen LogP) is 5.40. The van der Waals surface area contributed by atoms with Crippen LogP contribution < -0.4 is 0 Å². The normalized spacial score (nSPS) is 24.3. The second-order valence-corrected chi connectivity index (χ2v) is 8.47. The van der Waals surface area contributed by atoms with Crippen molar-refractivity contribution in [3.63, 3.8) is 0 Å². The molecule has 3 nitrogen and oxygen atoms in total. The number of rotatable bonds is 4. The molecule has 2 N–H and O–H groups in total. The van der Waals surface area contributed by atoms with Crippen molar-refractivity contribution in [2.75, 3.05) is 0 Å². The number of allylic oxidation sites excluding steroid dienone is 3. The third-order valence-electron chi connectivity index (χ3n) is 5.10. The van der Waals surface area contributed by atoms with Crippen molar-refractivity contribution in [1.29, 1.82) is 0 Å². The largest absolute Gasteiger partial charge is 0.508 e. The first-order valence-electron chi connectivity index (χ1n) is 9.25. The van der Waals surface area contributed by atoms with Crippen LogP contribution in [0.25, 0.3) is 0 Å². The van der Waals surface area contributed by atoms with Gasteiger partial charge in [0.05, 0.1) is 0 Å². The van der Waals surface area contributed by atoms with Crippen LogP contribution in [0.5, 0.6) is 0 Å². The standard InChI is InChI=1S/C22H26O3S/c1-16(23)26-20(17-9-4-2-5-10-17)15-22(25)14-8-13-19(24)21(22)18-11-6-3-7-12-18/h2,4-5,8-10,13-14,20,24-25H,3,6-7,11-12,15H2,1H3. The van der Waals surface area contributed by atoms with Gasteiger partial charge in [-0.1, -0.05) is 60.2 Å². The zero-order valence-corrected chi connectivity index (χ0v) is 16.0. The van der Waals surface area contributed by atoms with Crippen LogP contribution >= 0.6 is 11.8 Å². The number of carbonyl (C=O) groups excluding carboxylic acids is 1. The van der Waals surface area contributed by atoms with Gasteiger partial charge in [0.15, 0.2) is 5.12 Å². The molecule has 1 aromatic rings. The van der Waals surface area contributed by atoms with Gasteiger partial charge in [-0.2, -0.15) is 0 Å². The molecule has 0 amide bonds. The summed E-state index contributed by atoms with van der Waals surface area (Å²) in [6, 6.07) is 9.81. The lowest BCUT2D eigenvalue weighted by atomic mass is 9.77. The van der Waals surface area contributed by atoms with Crippen LogP contribution in [0.2, 0.25) is 0 Å². The zero-order valence-electron chi connectivity index (χ0n) is 15.1. The minimum Gasteiger partial charge on any atom is -0.508 e. The Balaban J connectivity index is 1.96. The maximum Gasteiger partial charge on any atom is 0.186 e. The molecule has 2 atom stereocenters. The van der Waals surface area contributed by atoms with E-state index >= 15 is 0 Å². The van der Waals surface area contributed by atoms with Gasteiger partial charge in [0, 0.05) is 24.2 Å². The highest BCUT2D eigenvalue weighted by atomic mass is 32.2. The highest BCUT2D eigenvalue weighted by molar-refractivity contribution is 8.13. The topological polar surface area (TPSA) is 57.5 Å². The van der Waals surface area contributed by atoms with Crippen molar-refractivity contribution in [3.05, 3.63) is 71.0 Å². The van der Waals surface area contributed by atoms with Crippen molar-refractivity contribution < 1.29 is 15.0 Å². The molecule has 26 heavy (non-hydrogen) atoms. The van der Waals surface area contributed by atoms with E-state index in [1.54, 1.807) is 25.2 Å². The molecule has 0 radical (unpaired) electrons. The molecule has 4 heteroatoms. The Labute approximate surface area is 159 Å². The van der Waals surface area contributed by atoms with Gasteiger partial charge in [0.25, 0.3) is 0 Å². The Kier molecular flexibility index (Phi) is 6.05. The molecule has 0 spiro atoms. The fourth-order valence-corrected chi connectivity index (χ4v) is 4.98. The van der Waals surface area contributed by atoms with Gasteiger partial charge >= 0.3 is 0 Å². The molecular formula is C22H26O3S. The van der Waals surface area contributed by atoms with Gasteiger partial charge < -0.3 is 10.2 Å². The molecule has 2 aliphatic carbocycles. The van der Waals surface area contributed by atoms with Crippen molar-refractivity contribution in [2.45, 2.75) is 56.3 Å². The molecule has 1 fully saturated rings. The predicted molar refractivity (Wildman–Crippen MR) is 107 cm³/mol. The highest BCUT2D eigenvalue weighted by Crippen LogP contribution is 2.45. The van der Waals surface area contributed by atoms with Crippen LogP contribution in [0.1, 0.15) is 56.3 Å². The summed E-state index contributed by atoms with van der Waals surface area (Å²) in [6.45, 7) is 1.55. The summed E-state index contributed by atoms with van der Waals surface area (Å²) in [7, 11) is 0. The number of hydrogen-bond acceptors (Lipinski definition) is 4. The fourth-order valence-electron chi connectivity index (χ4n) is 3.95. The number of hydrogen-bond donors (Lipinski definition) is 2. The van der Waals surface area contributed by atoms with E-state index in [0.29, 0.717) is 12.0 Å². The third-order valence-corrected chi connectivity index (χ3v) is 6.16. The highest BCUT2D eigenvalue weighted by Gasteiger charge is 2.38. The number of benzene rings is 1. The summed E-state index contributed by atoms with van der Waals surface area (Å²) in [4.78, 5) is 11.8. The first-order chi connectivity index (χ1) is 12.5. The lowest BCUT2D eigenvalue weighted by molar-refractivity contribution is -0.109. The van der Waals surface area contributed by atoms with Crippen LogP contribution in [0.4, 0.5) is 0 Å². The molecule has 0 saturated heterocycles. The summed E-state index contributed by atoms with van der Waals surface area (Å²) < 4.78 is 0. The molecule has 0 aliphatic heterocycles. The van der Waals surface area contributed by atoms with E-state index in [1.807, 2.05) is 30.3 Å². The van der Waals surface area contributed by atoms with Crippen molar-refractivity contribution in [2.24, 2.45) is 0 Å². The summed E-state index contributed by atoms with van der Waals surface area (Å²) in [5, 5.41) is 21.9. The Hall–Kier alpha value is -1.78. The monoisotopic (exact) mass is 370 g/mol. The molecule has 0 heterocycles. The molecule has 2 unspecified atom stereocenters. The van der Waals surface area contributed by atoms with E-state index in [1.165, 1.54) is 18.2 Å². The van der Waals surface area contributed by atoms with Crippen LogP contribution in [0, 0.1) is 0 Å². The fraction of sp³-hybridized carbons (Fsp3) is 0.409. The van der Waals surface area contributed by atoms with Crippen molar-refractivity contribution >= 4 is 16.9 Å². The summed E-state index contributed by atoms with van der Waals surface area (Å²) in [5.74, 6) is 0.159. The molecule has 1 aromatic carbocycles. The number of aliphatic hydroxyl groups is 2. The second kappa shape index (κ2) is 8.28. The Morgan fingerprint density at radius 2 is 1.88 bits per heavy atom. The Morgan fingerprint density at radius 3 is 2.54 bits per heavy atom. The average molecular weight is 371 g/mol. The van der Waals surface area contributed by atoms with Crippen LogP contribution in [-0.2, 0) is 4.79 Å². The molecule has 0 bridgehead atoms. The average Bonchev–Trinajstić information content (AvgIpc) is 2.62. The van der Waals surface area contributed by atoms with Crippen molar-refractivity contribution in [3.8, 4) is 0 Å². The van der Waals surface area contributed by atoms with E-state index in [9.17, 15) is 15.0 Å². The van der Waals surface area contributed by atoms with Crippen LogP contribution in [0.3, 0.4) is 0 Å². The van der Waals surface area contributed by atoms with Crippen LogP contribution in [0.15, 0.2) is 65.5 Å². The lowest BCUT2D eigenvalue weighted by Crippen LogP contribution is -2.34. The van der Waals surface area contributed by atoms with E-state index in [0.717, 1.165) is 36.8 Å². The second-order valence-electron chi connectivity index (χ2n) is 7.09. The maximum absolute atomic E-state index is 11.8. The summed E-state index contributed by atoms with van der Waals surface area (Å²) in [5.41, 5.74) is 1.56. The first kappa shape index (κ1) is 19.0. The minimum absolute atomic E-state index is 0.0221. The van der Waals surface area contributed by atoms with Gasteiger partial charge in [-0.3, -0.25) is 4.79 Å². The maximum atomic E-state index is 11.8. The third kappa shape index (κ3) is 4.30. The van der Waals surface area contributed by atoms with Gasteiger partial charge in [-0.25, -0.2) is 0 Å². The van der Waals surface area contributed by atoms with Gasteiger partial charge in [0.1, 0.15) is 11.4 Å². The van der Waals surface area contributed by atoms with Gasteiger partial charge in [-0.15, -0.1) is 0 Å². The van der Waals surface area contributed by atoms with E-state index in [4.69, 9.17) is 0 Å². The van der Waals surface area contributed by atoms with Gasteiger partial charge in [0.2, 0.25) is 0 Å². The van der Waals surface area contributed by atoms with E-state index in [2.05, 4.69) is 0 Å². The Bertz CT molecular complexity index is 740. The molecular weight excluding hydrogens is 344 g/mol. The summed E-state index contributed by atoms with van der Waals surface area (Å²) >= 11 is 1.24. The first-order valence-corrected chi connectivity index (χ1v) is 10.1. The number of thioether (sulfide) groups is 1. The molecule has 2 aliphatic rings. The SMILES string of the molecule is CC(=O)SC(CC1(O)C=CC=C(O)C1=C1CCCCC1)c1ccccc1.